The topological polar surface area (TPSA) is 149 Å². The van der Waals surface area contributed by atoms with E-state index in [-0.39, 0.29) is 36.5 Å². The summed E-state index contributed by atoms with van der Waals surface area (Å²) >= 11 is 0. The zero-order valence-corrected chi connectivity index (χ0v) is 20.8. The van der Waals surface area contributed by atoms with Gasteiger partial charge in [0.15, 0.2) is 11.6 Å². The van der Waals surface area contributed by atoms with Gasteiger partial charge in [0.25, 0.3) is 0 Å². The van der Waals surface area contributed by atoms with Crippen LogP contribution >= 0.6 is 0 Å². The summed E-state index contributed by atoms with van der Waals surface area (Å²) in [6.07, 6.45) is 7.13. The highest BCUT2D eigenvalue weighted by Crippen LogP contribution is 2.31. The monoisotopic (exact) mass is 509 g/mol. The van der Waals surface area contributed by atoms with Crippen molar-refractivity contribution in [1.29, 1.82) is 0 Å². The van der Waals surface area contributed by atoms with Gasteiger partial charge < -0.3 is 15.0 Å². The Labute approximate surface area is 209 Å². The molecule has 13 heteroatoms. The molecule has 1 saturated heterocycles. The van der Waals surface area contributed by atoms with Crippen molar-refractivity contribution in [1.82, 2.24) is 25.4 Å². The lowest BCUT2D eigenvalue weighted by atomic mass is 9.92. The molecular weight excluding hydrogens is 473 g/mol. The van der Waals surface area contributed by atoms with Crippen LogP contribution in [0.3, 0.4) is 0 Å². The minimum absolute atomic E-state index is 0.131. The fourth-order valence-corrected chi connectivity index (χ4v) is 4.76. The molecule has 1 aliphatic heterocycles. The van der Waals surface area contributed by atoms with Crippen molar-refractivity contribution in [2.24, 2.45) is 11.8 Å². The number of hydrogen-bond donors (Lipinski definition) is 4. The molecule has 0 spiro atoms. The van der Waals surface area contributed by atoms with Gasteiger partial charge in [-0.2, -0.15) is 14.4 Å². The standard InChI is InChI=1S/C23H36FN7O5/c1-3-17(22(34)30-10-6-7-11-30)25-19-18(24)20(27-23(26-19)36-2)28-29-21(33)16(13-31(35)14-32)12-15-8-4-5-9-15/h14-17,35H,3-13H2,1-2H3,(H,29,33)(H2,25,26,27,28)/t16-,17-/m0/s1. The molecule has 2 fully saturated rings. The second-order valence-corrected chi connectivity index (χ2v) is 9.28. The first-order valence-electron chi connectivity index (χ1n) is 12.5. The highest BCUT2D eigenvalue weighted by Gasteiger charge is 2.29. The Hall–Kier alpha value is -3.22. The van der Waals surface area contributed by atoms with Crippen LogP contribution in [0.25, 0.3) is 0 Å². The average Bonchev–Trinajstić information content (AvgIpc) is 3.61. The van der Waals surface area contributed by atoms with Crippen molar-refractivity contribution in [3.8, 4) is 6.01 Å². The largest absolute Gasteiger partial charge is 0.467 e. The number of ether oxygens (including phenoxy) is 1. The zero-order valence-electron chi connectivity index (χ0n) is 20.8. The highest BCUT2D eigenvalue weighted by molar-refractivity contribution is 5.85. The average molecular weight is 510 g/mol. The maximum Gasteiger partial charge on any atom is 0.320 e. The number of anilines is 2. The molecule has 0 aromatic carbocycles. The van der Waals surface area contributed by atoms with Crippen LogP contribution in [0.15, 0.2) is 0 Å². The second kappa shape index (κ2) is 13.2. The van der Waals surface area contributed by atoms with E-state index in [1.807, 2.05) is 6.92 Å². The molecule has 1 saturated carbocycles. The summed E-state index contributed by atoms with van der Waals surface area (Å²) in [5.41, 5.74) is 4.90. The van der Waals surface area contributed by atoms with Crippen molar-refractivity contribution < 1.29 is 28.7 Å². The van der Waals surface area contributed by atoms with Gasteiger partial charge in [0.1, 0.15) is 6.04 Å². The lowest BCUT2D eigenvalue weighted by Gasteiger charge is -2.24. The van der Waals surface area contributed by atoms with Crippen molar-refractivity contribution in [3.05, 3.63) is 5.82 Å². The molecule has 36 heavy (non-hydrogen) atoms. The van der Waals surface area contributed by atoms with E-state index in [0.717, 1.165) is 38.5 Å². The van der Waals surface area contributed by atoms with E-state index in [2.05, 4.69) is 26.1 Å². The lowest BCUT2D eigenvalue weighted by molar-refractivity contribution is -0.154. The predicted octanol–water partition coefficient (Wildman–Crippen LogP) is 1.92. The normalized spacial score (nSPS) is 17.4. The maximum atomic E-state index is 15.3. The summed E-state index contributed by atoms with van der Waals surface area (Å²) in [6.45, 7) is 2.97. The molecule has 4 N–H and O–H groups in total. The number of carbonyl (C=O) groups is 3. The SMILES string of the molecule is CC[C@H](Nc1nc(OC)nc(NNC(=O)[C@@H](CC2CCCC2)CN(O)C=O)c1F)C(=O)N1CCCC1. The van der Waals surface area contributed by atoms with Gasteiger partial charge in [0, 0.05) is 13.1 Å². The number of nitrogens with zero attached hydrogens (tertiary/aromatic N) is 4. The van der Waals surface area contributed by atoms with E-state index in [1.165, 1.54) is 7.11 Å². The summed E-state index contributed by atoms with van der Waals surface area (Å²) in [6, 6.07) is -0.849. The molecule has 0 radical (unpaired) electrons. The van der Waals surface area contributed by atoms with Crippen LogP contribution in [0, 0.1) is 17.7 Å². The number of methoxy groups -OCH3 is 1. The summed E-state index contributed by atoms with van der Waals surface area (Å²) in [5, 5.41) is 12.9. The molecule has 2 atom stereocenters. The smallest absolute Gasteiger partial charge is 0.320 e. The number of likely N-dealkylation sites (tertiary alicyclic amines) is 1. The minimum Gasteiger partial charge on any atom is -0.467 e. The number of halogens is 1. The molecule has 3 amide bonds. The van der Waals surface area contributed by atoms with Crippen molar-refractivity contribution in [3.63, 3.8) is 0 Å². The number of hydrogen-bond acceptors (Lipinski definition) is 9. The van der Waals surface area contributed by atoms with E-state index in [0.29, 0.717) is 36.9 Å². The summed E-state index contributed by atoms with van der Waals surface area (Å²) < 4.78 is 20.4. The van der Waals surface area contributed by atoms with E-state index in [1.54, 1.807) is 4.90 Å². The van der Waals surface area contributed by atoms with Crippen LogP contribution in [0.4, 0.5) is 16.0 Å². The van der Waals surface area contributed by atoms with Crippen molar-refractivity contribution in [2.45, 2.75) is 64.3 Å². The van der Waals surface area contributed by atoms with E-state index in [4.69, 9.17) is 4.74 Å². The molecule has 2 aliphatic rings. The van der Waals surface area contributed by atoms with Crippen molar-refractivity contribution in [2.75, 3.05) is 37.5 Å². The Balaban J connectivity index is 1.71. The van der Waals surface area contributed by atoms with Gasteiger partial charge in [-0.3, -0.25) is 30.4 Å². The van der Waals surface area contributed by atoms with Crippen LogP contribution in [-0.2, 0) is 14.4 Å². The van der Waals surface area contributed by atoms with Crippen LogP contribution in [-0.4, -0.2) is 76.1 Å². The summed E-state index contributed by atoms with van der Waals surface area (Å²) in [4.78, 5) is 46.3. The molecule has 3 rings (SSSR count). The highest BCUT2D eigenvalue weighted by atomic mass is 19.1. The number of hydroxylamine groups is 2. The molecule has 0 unspecified atom stereocenters. The number of amides is 3. The Morgan fingerprint density at radius 3 is 2.50 bits per heavy atom. The fraction of sp³-hybridized carbons (Fsp3) is 0.696. The molecule has 0 bridgehead atoms. The van der Waals surface area contributed by atoms with E-state index in [9.17, 15) is 19.6 Å². The molecule has 12 nitrogen and oxygen atoms in total. The van der Waals surface area contributed by atoms with Gasteiger partial charge in [-0.15, -0.1) is 0 Å². The second-order valence-electron chi connectivity index (χ2n) is 9.28. The third-order valence-corrected chi connectivity index (χ3v) is 6.74. The Morgan fingerprint density at radius 1 is 1.22 bits per heavy atom. The van der Waals surface area contributed by atoms with Crippen LogP contribution < -0.4 is 20.9 Å². The molecule has 1 aromatic rings. The van der Waals surface area contributed by atoms with Crippen LogP contribution in [0.1, 0.15) is 58.3 Å². The summed E-state index contributed by atoms with van der Waals surface area (Å²) in [7, 11) is 1.32. The van der Waals surface area contributed by atoms with E-state index >= 15 is 4.39 Å². The third-order valence-electron chi connectivity index (χ3n) is 6.74. The van der Waals surface area contributed by atoms with Gasteiger partial charge in [-0.25, -0.2) is 5.06 Å². The summed E-state index contributed by atoms with van der Waals surface area (Å²) in [5.74, 6) is -2.53. The maximum absolute atomic E-state index is 15.3. The number of rotatable bonds is 13. The Bertz CT molecular complexity index is 909. The first-order chi connectivity index (χ1) is 17.4. The first-order valence-corrected chi connectivity index (χ1v) is 12.5. The molecule has 1 aliphatic carbocycles. The first kappa shape index (κ1) is 27.4. The van der Waals surface area contributed by atoms with E-state index < -0.39 is 23.7 Å². The number of carbonyl (C=O) groups excluding carboxylic acids is 3. The Kier molecular flexibility index (Phi) is 10.0. The molecular formula is C23H36FN7O5. The van der Waals surface area contributed by atoms with Crippen LogP contribution in [0.5, 0.6) is 6.01 Å². The van der Waals surface area contributed by atoms with Gasteiger partial charge in [0.2, 0.25) is 24.0 Å². The minimum atomic E-state index is -0.896. The quantitative estimate of drug-likeness (QED) is 0.178. The fourth-order valence-electron chi connectivity index (χ4n) is 4.76. The van der Waals surface area contributed by atoms with Gasteiger partial charge >= 0.3 is 6.01 Å². The van der Waals surface area contributed by atoms with Gasteiger partial charge in [-0.1, -0.05) is 32.6 Å². The lowest BCUT2D eigenvalue weighted by Crippen LogP contribution is -2.42. The molecule has 1 aromatic heterocycles. The third kappa shape index (κ3) is 7.15. The number of hydrazine groups is 1. The zero-order chi connectivity index (χ0) is 26.1. The van der Waals surface area contributed by atoms with Crippen LogP contribution in [0.2, 0.25) is 0 Å². The number of aromatic nitrogens is 2. The number of nitrogens with one attached hydrogen (secondary N) is 3. The molecule has 2 heterocycles. The van der Waals surface area contributed by atoms with Crippen molar-refractivity contribution >= 4 is 29.9 Å². The van der Waals surface area contributed by atoms with Gasteiger partial charge in [0.05, 0.1) is 19.6 Å². The molecule has 200 valence electrons. The predicted molar refractivity (Wildman–Crippen MR) is 128 cm³/mol. The Morgan fingerprint density at radius 2 is 1.89 bits per heavy atom. The van der Waals surface area contributed by atoms with Gasteiger partial charge in [-0.05, 0) is 31.6 Å².